The van der Waals surface area contributed by atoms with Gasteiger partial charge >= 0.3 is 0 Å². The minimum absolute atomic E-state index is 0.0419. The second kappa shape index (κ2) is 7.89. The second-order valence-electron chi connectivity index (χ2n) is 7.47. The van der Waals surface area contributed by atoms with Gasteiger partial charge in [0, 0.05) is 50.4 Å². The van der Waals surface area contributed by atoms with Crippen LogP contribution in [0.3, 0.4) is 0 Å². The number of carbonyl (C=O) groups is 1. The zero-order valence-corrected chi connectivity index (χ0v) is 17.0. The molecule has 1 amide bonds. The molecule has 0 spiro atoms. The molecule has 0 radical (unpaired) electrons. The summed E-state index contributed by atoms with van der Waals surface area (Å²) in [5, 5.41) is 10.7. The third-order valence-corrected chi connectivity index (χ3v) is 4.28. The summed E-state index contributed by atoms with van der Waals surface area (Å²) < 4.78 is 1.98. The average molecular weight is 392 g/mol. The molecule has 0 aliphatic carbocycles. The van der Waals surface area contributed by atoms with Gasteiger partial charge in [0.15, 0.2) is 0 Å². The van der Waals surface area contributed by atoms with Crippen LogP contribution in [0.25, 0.3) is 22.2 Å². The summed E-state index contributed by atoms with van der Waals surface area (Å²) in [6.45, 7) is 3.74. The Kier molecular flexibility index (Phi) is 5.52. The summed E-state index contributed by atoms with van der Waals surface area (Å²) in [6.07, 6.45) is 5.62. The first-order chi connectivity index (χ1) is 13.6. The standard InChI is InChI=1S/C21H24N6O2/c1-21(2,29)8-5-14-11-15-16(17-6-9-23-20(22)25-17)13-27(18(15)12-24-14)10-7-19(28)26(3)4/h6,9,11-13,29H,7,10H2,1-4H3,(H2,22,23,25). The monoisotopic (exact) mass is 392 g/mol. The summed E-state index contributed by atoms with van der Waals surface area (Å²) in [6, 6.07) is 3.63. The van der Waals surface area contributed by atoms with Gasteiger partial charge in [-0.15, -0.1) is 0 Å². The smallest absolute Gasteiger partial charge is 0.223 e. The number of nitrogens with zero attached hydrogens (tertiary/aromatic N) is 5. The lowest BCUT2D eigenvalue weighted by Crippen LogP contribution is -2.22. The van der Waals surface area contributed by atoms with Crippen LogP contribution in [-0.4, -0.2) is 55.1 Å². The number of anilines is 1. The Balaban J connectivity index is 2.10. The lowest BCUT2D eigenvalue weighted by Gasteiger charge is -2.11. The van der Waals surface area contributed by atoms with E-state index in [0.29, 0.717) is 24.4 Å². The quantitative estimate of drug-likeness (QED) is 0.654. The molecule has 0 atom stereocenters. The van der Waals surface area contributed by atoms with E-state index in [9.17, 15) is 9.90 Å². The molecule has 3 aromatic rings. The molecule has 8 heteroatoms. The highest BCUT2D eigenvalue weighted by Crippen LogP contribution is 2.30. The van der Waals surface area contributed by atoms with Crippen molar-refractivity contribution in [1.29, 1.82) is 0 Å². The van der Waals surface area contributed by atoms with E-state index in [4.69, 9.17) is 5.73 Å². The van der Waals surface area contributed by atoms with Crippen molar-refractivity contribution in [3.05, 3.63) is 36.4 Å². The summed E-state index contributed by atoms with van der Waals surface area (Å²) in [7, 11) is 3.47. The van der Waals surface area contributed by atoms with Crippen LogP contribution in [0.5, 0.6) is 0 Å². The summed E-state index contributed by atoms with van der Waals surface area (Å²) in [5.74, 6) is 5.90. The Morgan fingerprint density at radius 1 is 1.34 bits per heavy atom. The Morgan fingerprint density at radius 2 is 2.10 bits per heavy atom. The number of carbonyl (C=O) groups excluding carboxylic acids is 1. The Labute approximate surface area is 169 Å². The Morgan fingerprint density at radius 3 is 2.76 bits per heavy atom. The molecule has 0 unspecified atom stereocenters. The number of aromatic nitrogens is 4. The zero-order valence-electron chi connectivity index (χ0n) is 17.0. The van der Waals surface area contributed by atoms with Crippen LogP contribution in [0.15, 0.2) is 30.7 Å². The zero-order chi connectivity index (χ0) is 21.2. The fraction of sp³-hybridized carbons (Fsp3) is 0.333. The third kappa shape index (κ3) is 4.89. The van der Waals surface area contributed by atoms with E-state index in [1.54, 1.807) is 51.3 Å². The molecule has 3 aromatic heterocycles. The minimum atomic E-state index is -1.11. The number of aryl methyl sites for hydroxylation is 1. The number of amides is 1. The van der Waals surface area contributed by atoms with Crippen molar-refractivity contribution < 1.29 is 9.90 Å². The number of hydrogen-bond acceptors (Lipinski definition) is 6. The maximum Gasteiger partial charge on any atom is 0.223 e. The predicted molar refractivity (Wildman–Crippen MR) is 112 cm³/mol. The molecule has 8 nitrogen and oxygen atoms in total. The first-order valence-electron chi connectivity index (χ1n) is 9.17. The van der Waals surface area contributed by atoms with Crippen LogP contribution in [-0.2, 0) is 11.3 Å². The van der Waals surface area contributed by atoms with Gasteiger partial charge in [-0.3, -0.25) is 4.79 Å². The highest BCUT2D eigenvalue weighted by atomic mass is 16.3. The van der Waals surface area contributed by atoms with Crippen LogP contribution in [0.2, 0.25) is 0 Å². The van der Waals surface area contributed by atoms with Gasteiger partial charge < -0.3 is 20.3 Å². The van der Waals surface area contributed by atoms with Crippen molar-refractivity contribution in [2.24, 2.45) is 0 Å². The van der Waals surface area contributed by atoms with Gasteiger partial charge in [0.2, 0.25) is 11.9 Å². The Hall–Kier alpha value is -3.44. The first-order valence-corrected chi connectivity index (χ1v) is 9.17. The molecule has 0 saturated heterocycles. The third-order valence-electron chi connectivity index (χ3n) is 4.28. The van der Waals surface area contributed by atoms with E-state index in [2.05, 4.69) is 26.8 Å². The van der Waals surface area contributed by atoms with Gasteiger partial charge in [-0.1, -0.05) is 5.92 Å². The molecule has 0 bridgehead atoms. The van der Waals surface area contributed by atoms with Crippen LogP contribution in [0.4, 0.5) is 5.95 Å². The van der Waals surface area contributed by atoms with Gasteiger partial charge in [-0.05, 0) is 31.9 Å². The lowest BCUT2D eigenvalue weighted by molar-refractivity contribution is -0.128. The molecule has 0 fully saturated rings. The molecule has 3 heterocycles. The molecule has 150 valence electrons. The van der Waals surface area contributed by atoms with Crippen molar-refractivity contribution in [3.63, 3.8) is 0 Å². The van der Waals surface area contributed by atoms with Crippen molar-refractivity contribution in [1.82, 2.24) is 24.4 Å². The summed E-state index contributed by atoms with van der Waals surface area (Å²) in [5.41, 5.74) is 7.56. The lowest BCUT2D eigenvalue weighted by atomic mass is 10.1. The largest absolute Gasteiger partial charge is 0.378 e. The Bertz CT molecular complexity index is 1120. The first kappa shape index (κ1) is 20.3. The van der Waals surface area contributed by atoms with E-state index in [-0.39, 0.29) is 11.9 Å². The fourth-order valence-corrected chi connectivity index (χ4v) is 2.83. The number of aliphatic hydroxyl groups is 1. The number of rotatable bonds is 4. The van der Waals surface area contributed by atoms with Crippen LogP contribution < -0.4 is 5.73 Å². The van der Waals surface area contributed by atoms with E-state index in [0.717, 1.165) is 16.5 Å². The van der Waals surface area contributed by atoms with Gasteiger partial charge in [-0.2, -0.15) is 0 Å². The molecule has 29 heavy (non-hydrogen) atoms. The van der Waals surface area contributed by atoms with Gasteiger partial charge in [0.1, 0.15) is 11.3 Å². The highest BCUT2D eigenvalue weighted by Gasteiger charge is 2.15. The molecule has 0 aliphatic heterocycles. The number of pyridine rings is 1. The van der Waals surface area contributed by atoms with Gasteiger partial charge in [0.05, 0.1) is 17.4 Å². The fourth-order valence-electron chi connectivity index (χ4n) is 2.83. The van der Waals surface area contributed by atoms with Crippen LogP contribution in [0.1, 0.15) is 26.0 Å². The normalized spacial score (nSPS) is 11.2. The van der Waals surface area contributed by atoms with Crippen molar-refractivity contribution in [2.45, 2.75) is 32.4 Å². The molecule has 0 aromatic carbocycles. The maximum atomic E-state index is 12.0. The molecule has 3 N–H and O–H groups in total. The highest BCUT2D eigenvalue weighted by molar-refractivity contribution is 5.95. The van der Waals surface area contributed by atoms with E-state index in [1.165, 1.54) is 0 Å². The van der Waals surface area contributed by atoms with E-state index >= 15 is 0 Å². The number of fused-ring (bicyclic) bond motifs is 1. The van der Waals surface area contributed by atoms with Crippen molar-refractivity contribution in [2.75, 3.05) is 19.8 Å². The topological polar surface area (TPSA) is 110 Å². The molecule has 0 aliphatic rings. The van der Waals surface area contributed by atoms with E-state index < -0.39 is 5.60 Å². The van der Waals surface area contributed by atoms with E-state index in [1.807, 2.05) is 16.8 Å². The number of hydrogen-bond donors (Lipinski definition) is 2. The predicted octanol–water partition coefficient (Wildman–Crippen LogP) is 1.68. The molecular weight excluding hydrogens is 368 g/mol. The molecule has 3 rings (SSSR count). The van der Waals surface area contributed by atoms with Crippen LogP contribution in [0, 0.1) is 11.8 Å². The van der Waals surface area contributed by atoms with Gasteiger partial charge in [-0.25, -0.2) is 15.0 Å². The van der Waals surface area contributed by atoms with Crippen molar-refractivity contribution in [3.8, 4) is 23.1 Å². The molecular formula is C21H24N6O2. The SMILES string of the molecule is CN(C)C(=O)CCn1cc(-c2ccnc(N)n2)c2cc(C#CC(C)(C)O)ncc21. The van der Waals surface area contributed by atoms with Crippen molar-refractivity contribution >= 4 is 22.8 Å². The minimum Gasteiger partial charge on any atom is -0.378 e. The second-order valence-corrected chi connectivity index (χ2v) is 7.47. The maximum absolute atomic E-state index is 12.0. The number of nitrogen functional groups attached to an aromatic ring is 1. The average Bonchev–Trinajstić information content (AvgIpc) is 3.01. The summed E-state index contributed by atoms with van der Waals surface area (Å²) in [4.78, 5) is 26.3. The molecule has 0 saturated carbocycles. The summed E-state index contributed by atoms with van der Waals surface area (Å²) >= 11 is 0. The number of nitrogens with two attached hydrogens (primary N) is 1. The van der Waals surface area contributed by atoms with Gasteiger partial charge in [0.25, 0.3) is 0 Å². The van der Waals surface area contributed by atoms with Crippen LogP contribution >= 0.6 is 0 Å².